The van der Waals surface area contributed by atoms with E-state index in [1.807, 2.05) is 56.3 Å². The van der Waals surface area contributed by atoms with Crippen LogP contribution in [-0.4, -0.2) is 37.3 Å². The van der Waals surface area contributed by atoms with Crippen molar-refractivity contribution in [2.45, 2.75) is 39.2 Å². The number of rotatable bonds is 7. The number of carbonyl (C=O) groups excluding carboxylic acids is 2. The Kier molecular flexibility index (Phi) is 7.23. The lowest BCUT2D eigenvalue weighted by molar-refractivity contribution is 0.0874. The molecule has 1 aliphatic rings. The summed E-state index contributed by atoms with van der Waals surface area (Å²) in [5.74, 6) is 0.448. The van der Waals surface area contributed by atoms with Crippen molar-refractivity contribution in [2.75, 3.05) is 13.7 Å². The van der Waals surface area contributed by atoms with E-state index in [4.69, 9.17) is 9.15 Å². The van der Waals surface area contributed by atoms with Crippen LogP contribution >= 0.6 is 0 Å². The van der Waals surface area contributed by atoms with Crippen molar-refractivity contribution in [1.29, 1.82) is 0 Å². The summed E-state index contributed by atoms with van der Waals surface area (Å²) >= 11 is 0. The molecule has 176 valence electrons. The Balaban J connectivity index is 1.49. The number of hydrogen-bond donors (Lipinski definition) is 2. The van der Waals surface area contributed by atoms with Gasteiger partial charge in [0.25, 0.3) is 11.8 Å². The smallest absolute Gasteiger partial charge is 0.287 e. The third-order valence-electron chi connectivity index (χ3n) is 5.87. The van der Waals surface area contributed by atoms with Gasteiger partial charge in [-0.2, -0.15) is 5.10 Å². The molecule has 0 spiro atoms. The second-order valence-corrected chi connectivity index (χ2v) is 8.48. The second kappa shape index (κ2) is 10.5. The summed E-state index contributed by atoms with van der Waals surface area (Å²) in [5.41, 5.74) is 7.61. The summed E-state index contributed by atoms with van der Waals surface area (Å²) in [4.78, 5) is 25.4. The van der Waals surface area contributed by atoms with Crippen LogP contribution in [0.4, 0.5) is 0 Å². The molecule has 1 aromatic heterocycles. The van der Waals surface area contributed by atoms with E-state index in [0.717, 1.165) is 46.6 Å². The first-order valence-electron chi connectivity index (χ1n) is 11.4. The number of nitrogens with one attached hydrogen (secondary N) is 2. The summed E-state index contributed by atoms with van der Waals surface area (Å²) in [7, 11) is 1.59. The minimum absolute atomic E-state index is 0.139. The van der Waals surface area contributed by atoms with E-state index in [-0.39, 0.29) is 23.6 Å². The predicted octanol–water partition coefficient (Wildman–Crippen LogP) is 4.49. The molecule has 1 unspecified atom stereocenters. The standard InChI is InChI=1S/C27H29N3O4/c1-17(16-33-3)28-27(32)25-18(2)24-22(10-7-11-23(24)34-25)29-30-26(31)21-14-12-20(13-15-21)19-8-5-4-6-9-19/h4-6,8-9,12-15,17H,7,10-11,16H2,1-3H3,(H,28,32)(H,30,31)/b29-22+. The molecule has 2 amide bonds. The number of nitrogens with zero attached hydrogens (tertiary/aromatic N) is 1. The fourth-order valence-corrected chi connectivity index (χ4v) is 4.21. The number of methoxy groups -OCH3 is 1. The molecule has 0 aliphatic heterocycles. The monoisotopic (exact) mass is 459 g/mol. The molecule has 2 aromatic carbocycles. The molecule has 34 heavy (non-hydrogen) atoms. The lowest BCUT2D eigenvalue weighted by Gasteiger charge is -2.13. The minimum atomic E-state index is -0.285. The summed E-state index contributed by atoms with van der Waals surface area (Å²) in [6.45, 7) is 4.13. The number of amides is 2. The van der Waals surface area contributed by atoms with Crippen molar-refractivity contribution in [3.8, 4) is 11.1 Å². The van der Waals surface area contributed by atoms with Crippen molar-refractivity contribution < 1.29 is 18.7 Å². The highest BCUT2D eigenvalue weighted by atomic mass is 16.5. The number of ether oxygens (including phenoxy) is 1. The Hall–Kier alpha value is -3.71. The Morgan fingerprint density at radius 1 is 1.03 bits per heavy atom. The molecule has 7 nitrogen and oxygen atoms in total. The van der Waals surface area contributed by atoms with Gasteiger partial charge in [-0.3, -0.25) is 9.59 Å². The van der Waals surface area contributed by atoms with Crippen LogP contribution in [0.1, 0.15) is 57.6 Å². The Morgan fingerprint density at radius 3 is 2.44 bits per heavy atom. The number of aryl methyl sites for hydroxylation is 1. The molecule has 1 heterocycles. The third kappa shape index (κ3) is 5.10. The molecule has 0 saturated carbocycles. The number of carbonyl (C=O) groups is 2. The molecule has 1 atom stereocenters. The zero-order valence-electron chi connectivity index (χ0n) is 19.7. The van der Waals surface area contributed by atoms with Gasteiger partial charge in [-0.05, 0) is 49.9 Å². The SMILES string of the molecule is COCC(C)NC(=O)c1oc2c(c1C)/C(=N/NC(=O)c1ccc(-c3ccccc3)cc1)CCC2. The van der Waals surface area contributed by atoms with E-state index >= 15 is 0 Å². The van der Waals surface area contributed by atoms with Crippen molar-refractivity contribution in [1.82, 2.24) is 10.7 Å². The molecular weight excluding hydrogens is 430 g/mol. The molecule has 4 rings (SSSR count). The van der Waals surface area contributed by atoms with Crippen LogP contribution in [0.25, 0.3) is 11.1 Å². The van der Waals surface area contributed by atoms with E-state index in [9.17, 15) is 9.59 Å². The van der Waals surface area contributed by atoms with Gasteiger partial charge in [-0.25, -0.2) is 5.43 Å². The maximum absolute atomic E-state index is 12.7. The van der Waals surface area contributed by atoms with Crippen LogP contribution in [0.15, 0.2) is 64.1 Å². The molecule has 0 saturated heterocycles. The maximum atomic E-state index is 12.7. The molecule has 0 fully saturated rings. The van der Waals surface area contributed by atoms with E-state index < -0.39 is 0 Å². The molecule has 3 aromatic rings. The van der Waals surface area contributed by atoms with Crippen LogP contribution in [-0.2, 0) is 11.2 Å². The summed E-state index contributed by atoms with van der Waals surface area (Å²) in [6, 6.07) is 17.3. The number of hydrogen-bond acceptors (Lipinski definition) is 5. The quantitative estimate of drug-likeness (QED) is 0.509. The third-order valence-corrected chi connectivity index (χ3v) is 5.87. The number of furan rings is 1. The van der Waals surface area contributed by atoms with Gasteiger partial charge < -0.3 is 14.5 Å². The summed E-state index contributed by atoms with van der Waals surface area (Å²) in [6.07, 6.45) is 2.26. The van der Waals surface area contributed by atoms with Crippen LogP contribution in [0.5, 0.6) is 0 Å². The van der Waals surface area contributed by atoms with Crippen LogP contribution in [0.3, 0.4) is 0 Å². The molecule has 0 bridgehead atoms. The largest absolute Gasteiger partial charge is 0.455 e. The fraction of sp³-hybridized carbons (Fsp3) is 0.296. The molecule has 2 N–H and O–H groups in total. The van der Waals surface area contributed by atoms with Crippen LogP contribution < -0.4 is 10.7 Å². The van der Waals surface area contributed by atoms with Gasteiger partial charge in [0.2, 0.25) is 0 Å². The van der Waals surface area contributed by atoms with Gasteiger partial charge in [0.05, 0.1) is 12.3 Å². The zero-order chi connectivity index (χ0) is 24.1. The highest BCUT2D eigenvalue weighted by Gasteiger charge is 2.28. The van der Waals surface area contributed by atoms with E-state index in [1.54, 1.807) is 19.2 Å². The van der Waals surface area contributed by atoms with E-state index in [1.165, 1.54) is 0 Å². The molecule has 7 heteroatoms. The van der Waals surface area contributed by atoms with E-state index in [0.29, 0.717) is 18.6 Å². The highest BCUT2D eigenvalue weighted by molar-refractivity contribution is 6.07. The average molecular weight is 460 g/mol. The van der Waals surface area contributed by atoms with Crippen molar-refractivity contribution in [3.63, 3.8) is 0 Å². The molecular formula is C27H29N3O4. The predicted molar refractivity (Wildman–Crippen MR) is 131 cm³/mol. The van der Waals surface area contributed by atoms with Crippen LogP contribution in [0.2, 0.25) is 0 Å². The van der Waals surface area contributed by atoms with Gasteiger partial charge in [0, 0.05) is 36.3 Å². The topological polar surface area (TPSA) is 92.9 Å². The van der Waals surface area contributed by atoms with Crippen molar-refractivity contribution in [2.24, 2.45) is 5.10 Å². The number of fused-ring (bicyclic) bond motifs is 1. The van der Waals surface area contributed by atoms with Gasteiger partial charge >= 0.3 is 0 Å². The number of benzene rings is 2. The van der Waals surface area contributed by atoms with Crippen LogP contribution in [0, 0.1) is 6.92 Å². The lowest BCUT2D eigenvalue weighted by atomic mass is 9.93. The van der Waals surface area contributed by atoms with Gasteiger partial charge in [-0.1, -0.05) is 42.5 Å². The number of hydrazone groups is 1. The normalized spacial score (nSPS) is 15.0. The van der Waals surface area contributed by atoms with E-state index in [2.05, 4.69) is 15.8 Å². The van der Waals surface area contributed by atoms with Crippen molar-refractivity contribution >= 4 is 17.5 Å². The van der Waals surface area contributed by atoms with Gasteiger partial charge in [-0.15, -0.1) is 0 Å². The average Bonchev–Trinajstić information content (AvgIpc) is 3.20. The first-order valence-corrected chi connectivity index (χ1v) is 11.4. The Bertz CT molecular complexity index is 1200. The maximum Gasteiger partial charge on any atom is 0.287 e. The molecule has 1 aliphatic carbocycles. The van der Waals surface area contributed by atoms with Crippen molar-refractivity contribution in [3.05, 3.63) is 82.8 Å². The first kappa shape index (κ1) is 23.4. The minimum Gasteiger partial charge on any atom is -0.455 e. The summed E-state index contributed by atoms with van der Waals surface area (Å²) < 4.78 is 11.0. The van der Waals surface area contributed by atoms with Gasteiger partial charge in [0.1, 0.15) is 5.76 Å². The Labute approximate surface area is 199 Å². The van der Waals surface area contributed by atoms with Gasteiger partial charge in [0.15, 0.2) is 5.76 Å². The lowest BCUT2D eigenvalue weighted by Crippen LogP contribution is -2.35. The Morgan fingerprint density at radius 2 is 1.74 bits per heavy atom. The fourth-order valence-electron chi connectivity index (χ4n) is 4.21. The second-order valence-electron chi connectivity index (χ2n) is 8.48. The highest BCUT2D eigenvalue weighted by Crippen LogP contribution is 2.30. The summed E-state index contributed by atoms with van der Waals surface area (Å²) in [5, 5.41) is 7.29. The molecule has 0 radical (unpaired) electrons. The first-order chi connectivity index (χ1) is 16.5. The zero-order valence-corrected chi connectivity index (χ0v) is 19.7.